The largest absolute Gasteiger partial charge is 0.870 e. The minimum Gasteiger partial charge on any atom is -0.870 e. The zero-order valence-electron chi connectivity index (χ0n) is 15.2. The second kappa shape index (κ2) is 20.3. The zero-order chi connectivity index (χ0) is 14.9. The Morgan fingerprint density at radius 3 is 1.19 bits per heavy atom. The van der Waals surface area contributed by atoms with Crippen LogP contribution in [0.25, 0.3) is 0 Å². The average molecular weight is 319 g/mol. The van der Waals surface area contributed by atoms with Gasteiger partial charge in [-0.2, -0.15) is 0 Å². The zero-order valence-corrected chi connectivity index (χ0v) is 16.0. The van der Waals surface area contributed by atoms with Crippen LogP contribution in [-0.4, -0.2) is 23.2 Å². The van der Waals surface area contributed by atoms with E-state index in [0.29, 0.717) is 10.9 Å². The molecule has 21 heavy (non-hydrogen) atoms. The molecule has 0 amide bonds. The molecule has 0 saturated carbocycles. The molecule has 0 aliphatic heterocycles. The van der Waals surface area contributed by atoms with Crippen LogP contribution in [0.4, 0.5) is 0 Å². The maximum absolute atomic E-state index is 2.42. The minimum atomic E-state index is 0. The van der Waals surface area contributed by atoms with E-state index in [9.17, 15) is 0 Å². The highest BCUT2D eigenvalue weighted by molar-refractivity contribution is 7.96. The highest BCUT2D eigenvalue weighted by Crippen LogP contribution is 2.13. The third kappa shape index (κ3) is 20.3. The molecule has 0 spiro atoms. The van der Waals surface area contributed by atoms with Gasteiger partial charge in [-0.15, -0.1) is 0 Å². The first-order valence-corrected chi connectivity index (χ1v) is 11.4. The number of hydrogen-bond donors (Lipinski definition) is 0. The average Bonchev–Trinajstić information content (AvgIpc) is 2.47. The maximum atomic E-state index is 2.42. The van der Waals surface area contributed by atoms with Gasteiger partial charge in [0.15, 0.2) is 0 Å². The summed E-state index contributed by atoms with van der Waals surface area (Å²) in [6.45, 7) is 4.62. The van der Waals surface area contributed by atoms with Gasteiger partial charge in [0.25, 0.3) is 0 Å². The summed E-state index contributed by atoms with van der Waals surface area (Å²) in [6.07, 6.45) is 23.0. The van der Waals surface area contributed by atoms with Crippen molar-refractivity contribution < 1.29 is 5.48 Å². The molecule has 130 valence electrons. The van der Waals surface area contributed by atoms with Gasteiger partial charge in [0.2, 0.25) is 0 Å². The van der Waals surface area contributed by atoms with Gasteiger partial charge in [0.1, 0.15) is 11.5 Å². The third-order valence-electron chi connectivity index (χ3n) is 4.34. The Bertz CT molecular complexity index is 173. The van der Waals surface area contributed by atoms with Crippen molar-refractivity contribution in [2.75, 3.05) is 17.8 Å². The van der Waals surface area contributed by atoms with E-state index in [0.717, 1.165) is 0 Å². The van der Waals surface area contributed by atoms with Crippen molar-refractivity contribution in [2.45, 2.75) is 104 Å². The Kier molecular flexibility index (Phi) is 22.8. The van der Waals surface area contributed by atoms with Crippen molar-refractivity contribution >= 4 is 10.9 Å². The molecule has 0 aliphatic rings. The number of unbranched alkanes of at least 4 members (excludes halogenated alkanes) is 13. The van der Waals surface area contributed by atoms with E-state index in [2.05, 4.69) is 20.1 Å². The maximum Gasteiger partial charge on any atom is 0.107 e. The quantitative estimate of drug-likeness (QED) is 0.234. The van der Waals surface area contributed by atoms with E-state index in [1.54, 1.807) is 0 Å². The summed E-state index contributed by atoms with van der Waals surface area (Å²) >= 11 is 0. The van der Waals surface area contributed by atoms with Crippen molar-refractivity contribution in [1.82, 2.24) is 0 Å². The smallest absolute Gasteiger partial charge is 0.107 e. The molecule has 0 heterocycles. The molecule has 1 atom stereocenters. The molecule has 0 saturated heterocycles. The summed E-state index contributed by atoms with van der Waals surface area (Å²) < 4.78 is 0. The van der Waals surface area contributed by atoms with Crippen LogP contribution in [0.1, 0.15) is 104 Å². The highest BCUT2D eigenvalue weighted by atomic mass is 32.2. The Morgan fingerprint density at radius 1 is 0.524 bits per heavy atom. The first-order valence-electron chi connectivity index (χ1n) is 9.40. The van der Waals surface area contributed by atoms with Crippen molar-refractivity contribution in [3.63, 3.8) is 0 Å². The van der Waals surface area contributed by atoms with E-state index in [4.69, 9.17) is 0 Å². The van der Waals surface area contributed by atoms with Crippen molar-refractivity contribution in [1.29, 1.82) is 0 Å². The molecule has 0 radical (unpaired) electrons. The van der Waals surface area contributed by atoms with E-state index in [-0.39, 0.29) is 5.48 Å². The first-order chi connectivity index (χ1) is 9.81. The van der Waals surface area contributed by atoms with Gasteiger partial charge >= 0.3 is 0 Å². The number of rotatable bonds is 16. The lowest BCUT2D eigenvalue weighted by molar-refractivity contribution is 0.538. The molecule has 0 aromatic heterocycles. The molecule has 0 aromatic rings. The summed E-state index contributed by atoms with van der Waals surface area (Å²) in [7, 11) is 0.707. The van der Waals surface area contributed by atoms with Gasteiger partial charge in [-0.25, -0.2) is 0 Å². The lowest BCUT2D eigenvalue weighted by Gasteiger charge is -2.03. The normalized spacial score (nSPS) is 12.1. The van der Waals surface area contributed by atoms with Crippen LogP contribution in [0.2, 0.25) is 0 Å². The summed E-state index contributed by atoms with van der Waals surface area (Å²) in [4.78, 5) is 0. The predicted octanol–water partition coefficient (Wildman–Crippen LogP) is 6.56. The summed E-state index contributed by atoms with van der Waals surface area (Å²) in [5.74, 6) is 2.87. The van der Waals surface area contributed by atoms with E-state index >= 15 is 0 Å². The van der Waals surface area contributed by atoms with Gasteiger partial charge in [-0.3, -0.25) is 0 Å². The second-order valence-corrected chi connectivity index (χ2v) is 8.92. The van der Waals surface area contributed by atoms with Crippen molar-refractivity contribution in [3.05, 3.63) is 0 Å². The van der Waals surface area contributed by atoms with Crippen LogP contribution in [0.3, 0.4) is 0 Å². The van der Waals surface area contributed by atoms with Crippen LogP contribution in [-0.2, 0) is 10.9 Å². The third-order valence-corrected chi connectivity index (χ3v) is 6.31. The van der Waals surface area contributed by atoms with E-state index in [1.807, 2.05) is 0 Å². The standard InChI is InChI=1S/C19H41S.H2O/c1-4-6-7-8-9-10-11-12-13-14-15-16-17-18-19-20(3)5-2;/h4-19H2,1-3H3;1H2/q+1;/p-1. The summed E-state index contributed by atoms with van der Waals surface area (Å²) in [5.41, 5.74) is 0. The van der Waals surface area contributed by atoms with Crippen molar-refractivity contribution in [3.8, 4) is 0 Å². The summed E-state index contributed by atoms with van der Waals surface area (Å²) in [6, 6.07) is 0. The molecule has 1 unspecified atom stereocenters. The molecule has 1 N–H and O–H groups in total. The predicted molar refractivity (Wildman–Crippen MR) is 101 cm³/mol. The molecule has 0 fully saturated rings. The molecule has 0 aromatic carbocycles. The van der Waals surface area contributed by atoms with Crippen LogP contribution in [0.15, 0.2) is 0 Å². The molecular weight excluding hydrogens is 276 g/mol. The van der Waals surface area contributed by atoms with Crippen molar-refractivity contribution in [2.24, 2.45) is 0 Å². The summed E-state index contributed by atoms with van der Waals surface area (Å²) in [5, 5.41) is 0. The molecule has 0 bridgehead atoms. The fraction of sp³-hybridized carbons (Fsp3) is 1.00. The SMILES string of the molecule is CCCCCCCCCCCCCCCC[S+](C)CC.[OH-]. The van der Waals surface area contributed by atoms with Crippen LogP contribution in [0, 0.1) is 0 Å². The molecule has 1 nitrogen and oxygen atoms in total. The Balaban J connectivity index is 0. The van der Waals surface area contributed by atoms with Crippen LogP contribution in [0.5, 0.6) is 0 Å². The van der Waals surface area contributed by atoms with E-state index in [1.165, 1.54) is 101 Å². The van der Waals surface area contributed by atoms with Gasteiger partial charge in [-0.1, -0.05) is 84.0 Å². The van der Waals surface area contributed by atoms with E-state index < -0.39 is 0 Å². The Labute approximate surface area is 138 Å². The lowest BCUT2D eigenvalue weighted by atomic mass is 10.0. The van der Waals surface area contributed by atoms with Crippen LogP contribution < -0.4 is 0 Å². The van der Waals surface area contributed by atoms with Gasteiger partial charge < -0.3 is 5.48 Å². The minimum absolute atomic E-state index is 0. The fourth-order valence-electron chi connectivity index (χ4n) is 2.69. The monoisotopic (exact) mass is 318 g/mol. The van der Waals surface area contributed by atoms with Crippen LogP contribution >= 0.6 is 0 Å². The topological polar surface area (TPSA) is 30.0 Å². The Morgan fingerprint density at radius 2 is 0.857 bits per heavy atom. The highest BCUT2D eigenvalue weighted by Gasteiger charge is 2.05. The van der Waals surface area contributed by atoms with Gasteiger partial charge in [0.05, 0.1) is 6.26 Å². The molecule has 0 rings (SSSR count). The van der Waals surface area contributed by atoms with Gasteiger partial charge in [0, 0.05) is 0 Å². The molecule has 2 heteroatoms. The molecule has 0 aliphatic carbocycles. The first kappa shape index (κ1) is 23.6. The number of hydrogen-bond acceptors (Lipinski definition) is 1. The fourth-order valence-corrected chi connectivity index (χ4v) is 3.67. The lowest BCUT2D eigenvalue weighted by Crippen LogP contribution is -2.06. The second-order valence-electron chi connectivity index (χ2n) is 6.37. The molecular formula is C19H42OS. The Hall–Kier alpha value is 0.310. The van der Waals surface area contributed by atoms with Gasteiger partial charge in [-0.05, 0) is 30.7 Å².